The summed E-state index contributed by atoms with van der Waals surface area (Å²) in [5, 5.41) is 9.32. The highest BCUT2D eigenvalue weighted by Crippen LogP contribution is 2.32. The number of nitrogens with zero attached hydrogens (tertiary/aromatic N) is 1. The fourth-order valence-corrected chi connectivity index (χ4v) is 2.98. The van der Waals surface area contributed by atoms with E-state index in [-0.39, 0.29) is 6.04 Å². The molecule has 0 aliphatic carbocycles. The highest BCUT2D eigenvalue weighted by Gasteiger charge is 2.44. The SMILES string of the molecule is CC1(C)OCC(CC2CCCCOC2)N1C(=O)O. The highest BCUT2D eigenvalue weighted by molar-refractivity contribution is 5.66. The lowest BCUT2D eigenvalue weighted by Gasteiger charge is -2.32. The molecule has 5 nitrogen and oxygen atoms in total. The molecule has 0 radical (unpaired) electrons. The molecule has 2 saturated heterocycles. The van der Waals surface area contributed by atoms with Gasteiger partial charge in [0.05, 0.1) is 12.6 Å². The summed E-state index contributed by atoms with van der Waals surface area (Å²) in [7, 11) is 0. The Morgan fingerprint density at radius 1 is 1.39 bits per heavy atom. The molecule has 104 valence electrons. The predicted octanol–water partition coefficient (Wildman–Crippen LogP) is 2.31. The lowest BCUT2D eigenvalue weighted by atomic mass is 9.95. The first-order valence-corrected chi connectivity index (χ1v) is 6.74. The molecule has 0 aromatic rings. The summed E-state index contributed by atoms with van der Waals surface area (Å²) in [6, 6.07) is -0.0378. The van der Waals surface area contributed by atoms with E-state index >= 15 is 0 Å². The maximum Gasteiger partial charge on any atom is 0.409 e. The third-order valence-corrected chi connectivity index (χ3v) is 3.89. The van der Waals surface area contributed by atoms with E-state index in [2.05, 4.69) is 0 Å². The van der Waals surface area contributed by atoms with Gasteiger partial charge < -0.3 is 14.6 Å². The van der Waals surface area contributed by atoms with Gasteiger partial charge in [0.25, 0.3) is 0 Å². The van der Waals surface area contributed by atoms with E-state index in [0.717, 1.165) is 32.5 Å². The van der Waals surface area contributed by atoms with Crippen molar-refractivity contribution in [2.24, 2.45) is 5.92 Å². The van der Waals surface area contributed by atoms with Crippen molar-refractivity contribution in [2.75, 3.05) is 19.8 Å². The molecule has 1 amide bonds. The molecule has 18 heavy (non-hydrogen) atoms. The molecule has 0 bridgehead atoms. The van der Waals surface area contributed by atoms with Crippen LogP contribution >= 0.6 is 0 Å². The third-order valence-electron chi connectivity index (χ3n) is 3.89. The fourth-order valence-electron chi connectivity index (χ4n) is 2.98. The molecule has 0 saturated carbocycles. The van der Waals surface area contributed by atoms with Crippen molar-refractivity contribution in [3.63, 3.8) is 0 Å². The molecule has 0 aromatic carbocycles. The smallest absolute Gasteiger partial charge is 0.409 e. The Kier molecular flexibility index (Phi) is 4.12. The van der Waals surface area contributed by atoms with Gasteiger partial charge in [-0.25, -0.2) is 4.79 Å². The summed E-state index contributed by atoms with van der Waals surface area (Å²) in [5.74, 6) is 0.455. The second-order valence-corrected chi connectivity index (χ2v) is 5.74. The van der Waals surface area contributed by atoms with E-state index in [0.29, 0.717) is 12.5 Å². The quantitative estimate of drug-likeness (QED) is 0.824. The Balaban J connectivity index is 1.97. The van der Waals surface area contributed by atoms with Crippen molar-refractivity contribution < 1.29 is 19.4 Å². The number of hydrogen-bond acceptors (Lipinski definition) is 3. The topological polar surface area (TPSA) is 59.0 Å². The van der Waals surface area contributed by atoms with Crippen molar-refractivity contribution in [3.8, 4) is 0 Å². The third kappa shape index (κ3) is 2.95. The van der Waals surface area contributed by atoms with Crippen LogP contribution in [-0.4, -0.2) is 47.7 Å². The number of carbonyl (C=O) groups is 1. The van der Waals surface area contributed by atoms with Crippen LogP contribution in [0.25, 0.3) is 0 Å². The van der Waals surface area contributed by atoms with Crippen LogP contribution < -0.4 is 0 Å². The Morgan fingerprint density at radius 2 is 2.17 bits per heavy atom. The van der Waals surface area contributed by atoms with E-state index in [1.165, 1.54) is 11.3 Å². The number of carboxylic acid groups (broad SMARTS) is 1. The zero-order chi connectivity index (χ0) is 13.2. The highest BCUT2D eigenvalue weighted by atomic mass is 16.5. The second-order valence-electron chi connectivity index (χ2n) is 5.74. The minimum atomic E-state index is -0.892. The van der Waals surface area contributed by atoms with E-state index in [4.69, 9.17) is 9.47 Å². The lowest BCUT2D eigenvalue weighted by molar-refractivity contribution is -0.0427. The average Bonchev–Trinajstić information content (AvgIpc) is 2.49. The molecule has 0 aromatic heterocycles. The van der Waals surface area contributed by atoms with Crippen LogP contribution in [0.15, 0.2) is 0 Å². The predicted molar refractivity (Wildman–Crippen MR) is 66.5 cm³/mol. The lowest BCUT2D eigenvalue weighted by Crippen LogP contribution is -2.47. The molecule has 2 aliphatic heterocycles. The number of amides is 1. The Morgan fingerprint density at radius 3 is 2.89 bits per heavy atom. The minimum absolute atomic E-state index is 0.0378. The summed E-state index contributed by atoms with van der Waals surface area (Å²) in [6.45, 7) is 5.71. The first-order valence-electron chi connectivity index (χ1n) is 6.74. The van der Waals surface area contributed by atoms with Gasteiger partial charge in [0.1, 0.15) is 5.72 Å². The number of ether oxygens (including phenoxy) is 2. The standard InChI is InChI=1S/C13H23NO4/c1-13(2)14(12(15)16)11(9-18-13)7-10-5-3-4-6-17-8-10/h10-11H,3-9H2,1-2H3,(H,15,16). The van der Waals surface area contributed by atoms with Gasteiger partial charge in [0, 0.05) is 13.2 Å². The number of hydrogen-bond donors (Lipinski definition) is 1. The molecule has 2 heterocycles. The summed E-state index contributed by atoms with van der Waals surface area (Å²) in [6.07, 6.45) is 3.37. The Hall–Kier alpha value is -0.810. The largest absolute Gasteiger partial charge is 0.465 e. The number of rotatable bonds is 2. The molecule has 2 unspecified atom stereocenters. The molecule has 5 heteroatoms. The van der Waals surface area contributed by atoms with Gasteiger partial charge in [0.15, 0.2) is 0 Å². The normalized spacial score (nSPS) is 32.2. The fraction of sp³-hybridized carbons (Fsp3) is 0.923. The minimum Gasteiger partial charge on any atom is -0.465 e. The Bertz CT molecular complexity index is 297. The molecular weight excluding hydrogens is 234 g/mol. The van der Waals surface area contributed by atoms with E-state index in [1.54, 1.807) is 0 Å². The van der Waals surface area contributed by atoms with Crippen LogP contribution in [0.2, 0.25) is 0 Å². The van der Waals surface area contributed by atoms with Gasteiger partial charge in [-0.2, -0.15) is 0 Å². The van der Waals surface area contributed by atoms with Gasteiger partial charge in [-0.05, 0) is 39.0 Å². The van der Waals surface area contributed by atoms with Crippen LogP contribution in [-0.2, 0) is 9.47 Å². The molecule has 2 fully saturated rings. The maximum atomic E-state index is 11.4. The first-order chi connectivity index (χ1) is 8.50. The van der Waals surface area contributed by atoms with Crippen LogP contribution in [0.1, 0.15) is 39.5 Å². The monoisotopic (exact) mass is 257 g/mol. The van der Waals surface area contributed by atoms with Crippen LogP contribution in [0.5, 0.6) is 0 Å². The molecule has 0 spiro atoms. The van der Waals surface area contributed by atoms with Crippen LogP contribution in [0, 0.1) is 5.92 Å². The van der Waals surface area contributed by atoms with Crippen LogP contribution in [0.3, 0.4) is 0 Å². The van der Waals surface area contributed by atoms with Gasteiger partial charge in [0.2, 0.25) is 0 Å². The Labute approximate surface area is 108 Å². The van der Waals surface area contributed by atoms with Crippen molar-refractivity contribution in [3.05, 3.63) is 0 Å². The average molecular weight is 257 g/mol. The van der Waals surface area contributed by atoms with Gasteiger partial charge in [-0.1, -0.05) is 6.42 Å². The van der Waals surface area contributed by atoms with Gasteiger partial charge in [-0.3, -0.25) is 4.90 Å². The molecular formula is C13H23NO4. The van der Waals surface area contributed by atoms with E-state index in [9.17, 15) is 9.90 Å². The molecule has 2 rings (SSSR count). The van der Waals surface area contributed by atoms with E-state index < -0.39 is 11.8 Å². The van der Waals surface area contributed by atoms with Gasteiger partial charge >= 0.3 is 6.09 Å². The van der Waals surface area contributed by atoms with Gasteiger partial charge in [-0.15, -0.1) is 0 Å². The summed E-state index contributed by atoms with van der Waals surface area (Å²) in [5.41, 5.74) is -0.706. The zero-order valence-corrected chi connectivity index (χ0v) is 11.2. The summed E-state index contributed by atoms with van der Waals surface area (Å²) < 4.78 is 11.2. The van der Waals surface area contributed by atoms with Crippen molar-refractivity contribution in [1.29, 1.82) is 0 Å². The maximum absolute atomic E-state index is 11.4. The molecule has 2 atom stereocenters. The van der Waals surface area contributed by atoms with Crippen molar-refractivity contribution >= 4 is 6.09 Å². The zero-order valence-electron chi connectivity index (χ0n) is 11.2. The first kappa shape index (κ1) is 13.6. The second kappa shape index (κ2) is 5.45. The summed E-state index contributed by atoms with van der Waals surface area (Å²) in [4.78, 5) is 12.8. The van der Waals surface area contributed by atoms with Crippen LogP contribution in [0.4, 0.5) is 4.79 Å². The molecule has 2 aliphatic rings. The summed E-state index contributed by atoms with van der Waals surface area (Å²) >= 11 is 0. The van der Waals surface area contributed by atoms with Crippen molar-refractivity contribution in [2.45, 2.75) is 51.3 Å². The molecule has 1 N–H and O–H groups in total. The van der Waals surface area contributed by atoms with Crippen molar-refractivity contribution in [1.82, 2.24) is 4.90 Å². The van der Waals surface area contributed by atoms with E-state index in [1.807, 2.05) is 13.8 Å².